The van der Waals surface area contributed by atoms with Crippen LogP contribution in [0.2, 0.25) is 0 Å². The Kier molecular flexibility index (Phi) is 5.98. The van der Waals surface area contributed by atoms with E-state index in [0.29, 0.717) is 17.0 Å². The molecule has 0 aliphatic heterocycles. The molecular formula is C19H23N3O2S. The molecule has 0 aliphatic rings. The van der Waals surface area contributed by atoms with Gasteiger partial charge in [-0.1, -0.05) is 45.0 Å². The fraction of sp³-hybridized carbons (Fsp3) is 0.263. The van der Waals surface area contributed by atoms with Gasteiger partial charge in [-0.05, 0) is 47.5 Å². The second-order valence-corrected chi connectivity index (χ2v) is 6.97. The number of hydrazine groups is 1. The molecule has 0 fully saturated rings. The standard InChI is InChI=1S/C19H23N3O2S/c1-19(2,3)14-11-9-13(10-12-14)17(23)21-22-18(25)20-15-7-5-6-8-16(15)24-4/h5-12H,1-4H3,(H,21,23)(H2,20,22,25). The van der Waals surface area contributed by atoms with Crippen molar-refractivity contribution in [2.75, 3.05) is 12.4 Å². The van der Waals surface area contributed by atoms with Crippen molar-refractivity contribution >= 4 is 28.9 Å². The Labute approximate surface area is 153 Å². The summed E-state index contributed by atoms with van der Waals surface area (Å²) in [7, 11) is 1.58. The fourth-order valence-electron chi connectivity index (χ4n) is 2.21. The van der Waals surface area contributed by atoms with Crippen molar-refractivity contribution in [1.82, 2.24) is 10.9 Å². The van der Waals surface area contributed by atoms with Gasteiger partial charge in [0.15, 0.2) is 5.11 Å². The fourth-order valence-corrected chi connectivity index (χ4v) is 2.37. The van der Waals surface area contributed by atoms with Gasteiger partial charge in [0.25, 0.3) is 5.91 Å². The second-order valence-electron chi connectivity index (χ2n) is 6.56. The Hall–Kier alpha value is -2.60. The van der Waals surface area contributed by atoms with Crippen LogP contribution < -0.4 is 20.9 Å². The van der Waals surface area contributed by atoms with Crippen molar-refractivity contribution in [1.29, 1.82) is 0 Å². The molecule has 0 heterocycles. The molecule has 25 heavy (non-hydrogen) atoms. The summed E-state index contributed by atoms with van der Waals surface area (Å²) in [4.78, 5) is 12.2. The highest BCUT2D eigenvalue weighted by molar-refractivity contribution is 7.80. The van der Waals surface area contributed by atoms with Gasteiger partial charge in [-0.25, -0.2) is 0 Å². The summed E-state index contributed by atoms with van der Waals surface area (Å²) in [5.41, 5.74) is 7.76. The van der Waals surface area contributed by atoms with Crippen LogP contribution in [-0.4, -0.2) is 18.1 Å². The third kappa shape index (κ3) is 5.19. The van der Waals surface area contributed by atoms with Gasteiger partial charge >= 0.3 is 0 Å². The van der Waals surface area contributed by atoms with Crippen molar-refractivity contribution in [2.24, 2.45) is 0 Å². The summed E-state index contributed by atoms with van der Waals surface area (Å²) >= 11 is 5.19. The van der Waals surface area contributed by atoms with Crippen molar-refractivity contribution in [3.63, 3.8) is 0 Å². The number of anilines is 1. The third-order valence-corrected chi connectivity index (χ3v) is 3.86. The molecule has 0 saturated heterocycles. The first-order valence-electron chi connectivity index (χ1n) is 7.92. The molecule has 0 radical (unpaired) electrons. The molecule has 0 unspecified atom stereocenters. The van der Waals surface area contributed by atoms with E-state index in [4.69, 9.17) is 17.0 Å². The molecule has 5 nitrogen and oxygen atoms in total. The first kappa shape index (κ1) is 18.7. The predicted octanol–water partition coefficient (Wildman–Crippen LogP) is 3.62. The zero-order chi connectivity index (χ0) is 18.4. The minimum absolute atomic E-state index is 0.0491. The van der Waals surface area contributed by atoms with Gasteiger partial charge in [0.1, 0.15) is 5.75 Å². The lowest BCUT2D eigenvalue weighted by Crippen LogP contribution is -2.43. The third-order valence-electron chi connectivity index (χ3n) is 3.66. The van der Waals surface area contributed by atoms with E-state index in [1.54, 1.807) is 19.2 Å². The Morgan fingerprint density at radius 2 is 1.64 bits per heavy atom. The number of hydrogen-bond acceptors (Lipinski definition) is 3. The van der Waals surface area contributed by atoms with E-state index in [9.17, 15) is 4.79 Å². The minimum Gasteiger partial charge on any atom is -0.495 e. The van der Waals surface area contributed by atoms with Gasteiger partial charge in [-0.15, -0.1) is 0 Å². The molecule has 3 N–H and O–H groups in total. The molecule has 0 atom stereocenters. The topological polar surface area (TPSA) is 62.4 Å². The Morgan fingerprint density at radius 1 is 1.00 bits per heavy atom. The normalized spacial score (nSPS) is 10.7. The van der Waals surface area contributed by atoms with E-state index >= 15 is 0 Å². The molecular weight excluding hydrogens is 334 g/mol. The largest absolute Gasteiger partial charge is 0.495 e. The monoisotopic (exact) mass is 357 g/mol. The van der Waals surface area contributed by atoms with Crippen LogP contribution in [0.1, 0.15) is 36.7 Å². The number of ether oxygens (including phenoxy) is 1. The molecule has 1 amide bonds. The molecule has 2 rings (SSSR count). The van der Waals surface area contributed by atoms with E-state index in [1.165, 1.54) is 5.56 Å². The zero-order valence-corrected chi connectivity index (χ0v) is 15.7. The lowest BCUT2D eigenvalue weighted by Gasteiger charge is -2.19. The van der Waals surface area contributed by atoms with Crippen molar-refractivity contribution in [3.8, 4) is 5.75 Å². The molecule has 0 saturated carbocycles. The van der Waals surface area contributed by atoms with E-state index in [0.717, 1.165) is 0 Å². The first-order chi connectivity index (χ1) is 11.8. The van der Waals surface area contributed by atoms with Gasteiger partial charge in [0.2, 0.25) is 0 Å². The number of para-hydroxylation sites is 2. The number of carbonyl (C=O) groups is 1. The number of methoxy groups -OCH3 is 1. The van der Waals surface area contributed by atoms with Crippen LogP contribution in [0.3, 0.4) is 0 Å². The highest BCUT2D eigenvalue weighted by atomic mass is 32.1. The Bertz CT molecular complexity index is 752. The SMILES string of the molecule is COc1ccccc1NC(=S)NNC(=O)c1ccc(C(C)(C)C)cc1. The maximum Gasteiger partial charge on any atom is 0.269 e. The second kappa shape index (κ2) is 7.98. The lowest BCUT2D eigenvalue weighted by molar-refractivity contribution is 0.0944. The van der Waals surface area contributed by atoms with Gasteiger partial charge in [-0.2, -0.15) is 0 Å². The molecule has 132 valence electrons. The first-order valence-corrected chi connectivity index (χ1v) is 8.33. The number of carbonyl (C=O) groups excluding carboxylic acids is 1. The molecule has 6 heteroatoms. The summed E-state index contributed by atoms with van der Waals surface area (Å²) in [5.74, 6) is 0.403. The number of benzene rings is 2. The summed E-state index contributed by atoms with van der Waals surface area (Å²) in [6, 6.07) is 14.9. The van der Waals surface area contributed by atoms with Crippen LogP contribution in [-0.2, 0) is 5.41 Å². The molecule has 2 aromatic rings. The quantitative estimate of drug-likeness (QED) is 0.578. The van der Waals surface area contributed by atoms with Crippen molar-refractivity contribution in [3.05, 3.63) is 59.7 Å². The van der Waals surface area contributed by atoms with Gasteiger partial charge in [0, 0.05) is 5.56 Å². The average Bonchev–Trinajstić information content (AvgIpc) is 2.59. The number of hydrogen-bond donors (Lipinski definition) is 3. The summed E-state index contributed by atoms with van der Waals surface area (Å²) in [6.07, 6.45) is 0. The molecule has 0 aromatic heterocycles. The maximum atomic E-state index is 12.2. The molecule has 0 bridgehead atoms. The van der Waals surface area contributed by atoms with Crippen LogP contribution in [0, 0.1) is 0 Å². The summed E-state index contributed by atoms with van der Waals surface area (Å²) in [6.45, 7) is 6.39. The molecule has 0 spiro atoms. The Morgan fingerprint density at radius 3 is 2.24 bits per heavy atom. The van der Waals surface area contributed by atoms with E-state index in [-0.39, 0.29) is 16.4 Å². The zero-order valence-electron chi connectivity index (χ0n) is 14.8. The number of amides is 1. The van der Waals surface area contributed by atoms with E-state index in [1.807, 2.05) is 36.4 Å². The maximum absolute atomic E-state index is 12.2. The average molecular weight is 357 g/mol. The highest BCUT2D eigenvalue weighted by Crippen LogP contribution is 2.23. The van der Waals surface area contributed by atoms with Crippen LogP contribution in [0.5, 0.6) is 5.75 Å². The van der Waals surface area contributed by atoms with Gasteiger partial charge < -0.3 is 10.1 Å². The summed E-state index contributed by atoms with van der Waals surface area (Å²) < 4.78 is 5.24. The molecule has 2 aromatic carbocycles. The van der Waals surface area contributed by atoms with Gasteiger partial charge in [0.05, 0.1) is 12.8 Å². The van der Waals surface area contributed by atoms with Crippen LogP contribution >= 0.6 is 12.2 Å². The summed E-state index contributed by atoms with van der Waals surface area (Å²) in [5, 5.41) is 3.25. The van der Waals surface area contributed by atoms with Crippen LogP contribution in [0.15, 0.2) is 48.5 Å². The van der Waals surface area contributed by atoms with Crippen LogP contribution in [0.25, 0.3) is 0 Å². The van der Waals surface area contributed by atoms with Crippen molar-refractivity contribution in [2.45, 2.75) is 26.2 Å². The van der Waals surface area contributed by atoms with E-state index < -0.39 is 0 Å². The predicted molar refractivity (Wildman–Crippen MR) is 105 cm³/mol. The number of thiocarbonyl (C=S) groups is 1. The Balaban J connectivity index is 1.92. The number of nitrogens with one attached hydrogen (secondary N) is 3. The van der Waals surface area contributed by atoms with E-state index in [2.05, 4.69) is 36.9 Å². The smallest absolute Gasteiger partial charge is 0.269 e. The molecule has 0 aliphatic carbocycles. The number of rotatable bonds is 3. The minimum atomic E-state index is -0.260. The highest BCUT2D eigenvalue weighted by Gasteiger charge is 2.14. The van der Waals surface area contributed by atoms with Gasteiger partial charge in [-0.3, -0.25) is 15.6 Å². The lowest BCUT2D eigenvalue weighted by atomic mass is 9.87. The van der Waals surface area contributed by atoms with Crippen molar-refractivity contribution < 1.29 is 9.53 Å². The van der Waals surface area contributed by atoms with Crippen LogP contribution in [0.4, 0.5) is 5.69 Å².